The Bertz CT molecular complexity index is 588. The van der Waals surface area contributed by atoms with E-state index in [4.69, 9.17) is 14.5 Å². The summed E-state index contributed by atoms with van der Waals surface area (Å²) in [6.45, 7) is 9.17. The van der Waals surface area contributed by atoms with Crippen LogP contribution in [0.25, 0.3) is 0 Å². The average Bonchev–Trinajstić information content (AvgIpc) is 3.30. The maximum Gasteiger partial charge on any atom is 0.194 e. The van der Waals surface area contributed by atoms with Crippen molar-refractivity contribution in [2.24, 2.45) is 10.4 Å². The zero-order valence-electron chi connectivity index (χ0n) is 16.5. The first-order valence-electron chi connectivity index (χ1n) is 9.67. The molecule has 2 N–H and O–H groups in total. The molecule has 2 saturated heterocycles. The van der Waals surface area contributed by atoms with E-state index >= 15 is 0 Å². The van der Waals surface area contributed by atoms with Crippen molar-refractivity contribution in [2.45, 2.75) is 26.3 Å². The molecule has 0 aromatic heterocycles. The number of methoxy groups -OCH3 is 1. The van der Waals surface area contributed by atoms with Gasteiger partial charge in [0.1, 0.15) is 0 Å². The van der Waals surface area contributed by atoms with Gasteiger partial charge < -0.3 is 25.0 Å². The third kappa shape index (κ3) is 6.22. The molecule has 0 aliphatic carbocycles. The minimum atomic E-state index is 0. The van der Waals surface area contributed by atoms with Crippen molar-refractivity contribution in [1.29, 1.82) is 0 Å². The van der Waals surface area contributed by atoms with Gasteiger partial charge in [0.15, 0.2) is 5.96 Å². The lowest BCUT2D eigenvalue weighted by Gasteiger charge is -2.25. The third-order valence-electron chi connectivity index (χ3n) is 5.26. The number of benzene rings is 1. The molecule has 2 heterocycles. The van der Waals surface area contributed by atoms with Gasteiger partial charge in [-0.2, -0.15) is 0 Å². The highest BCUT2D eigenvalue weighted by Gasteiger charge is 2.42. The van der Waals surface area contributed by atoms with Crippen LogP contribution in [0.4, 0.5) is 5.69 Å². The standard InChI is InChI=1S/C20H32N4O2.HI/c1-3-21-19(24-11-8-20(15-24)9-12-26-16-20)23-14-17-4-6-18(7-5-17)22-10-13-25-2;/h4-7,22H,3,8-16H2,1-2H3,(H,21,23);1H. The van der Waals surface area contributed by atoms with E-state index in [1.54, 1.807) is 7.11 Å². The first-order valence-corrected chi connectivity index (χ1v) is 9.67. The van der Waals surface area contributed by atoms with E-state index in [0.29, 0.717) is 18.6 Å². The minimum absolute atomic E-state index is 0. The Kier molecular flexibility index (Phi) is 9.11. The smallest absolute Gasteiger partial charge is 0.194 e. The summed E-state index contributed by atoms with van der Waals surface area (Å²) < 4.78 is 10.7. The molecule has 2 fully saturated rings. The fourth-order valence-corrected chi connectivity index (χ4v) is 3.70. The number of halogens is 1. The van der Waals surface area contributed by atoms with Crippen LogP contribution in [0, 0.1) is 5.41 Å². The third-order valence-corrected chi connectivity index (χ3v) is 5.26. The van der Waals surface area contributed by atoms with Gasteiger partial charge in [0.05, 0.1) is 19.8 Å². The lowest BCUT2D eigenvalue weighted by Crippen LogP contribution is -2.41. The molecule has 0 saturated carbocycles. The molecule has 2 aliphatic heterocycles. The number of anilines is 1. The summed E-state index contributed by atoms with van der Waals surface area (Å²) in [7, 11) is 1.71. The molecule has 152 valence electrons. The van der Waals surface area contributed by atoms with E-state index in [1.165, 1.54) is 18.4 Å². The highest BCUT2D eigenvalue weighted by atomic mass is 127. The van der Waals surface area contributed by atoms with E-state index in [1.807, 2.05) is 0 Å². The lowest BCUT2D eigenvalue weighted by molar-refractivity contribution is 0.156. The highest BCUT2D eigenvalue weighted by molar-refractivity contribution is 14.0. The van der Waals surface area contributed by atoms with Crippen LogP contribution in [0.3, 0.4) is 0 Å². The highest BCUT2D eigenvalue weighted by Crippen LogP contribution is 2.38. The van der Waals surface area contributed by atoms with Crippen LogP contribution >= 0.6 is 24.0 Å². The molecule has 27 heavy (non-hydrogen) atoms. The number of ether oxygens (including phenoxy) is 2. The largest absolute Gasteiger partial charge is 0.383 e. The SMILES string of the molecule is CCNC(=NCc1ccc(NCCOC)cc1)N1CCC2(CCOC2)C1.I. The molecule has 7 heteroatoms. The van der Waals surface area contributed by atoms with Crippen molar-refractivity contribution in [3.05, 3.63) is 29.8 Å². The monoisotopic (exact) mass is 488 g/mol. The Balaban J connectivity index is 0.00000261. The summed E-state index contributed by atoms with van der Waals surface area (Å²) in [5.74, 6) is 1.03. The van der Waals surface area contributed by atoms with Gasteiger partial charge in [0.2, 0.25) is 0 Å². The normalized spacial score (nSPS) is 22.1. The van der Waals surface area contributed by atoms with Crippen LogP contribution < -0.4 is 10.6 Å². The number of nitrogens with one attached hydrogen (secondary N) is 2. The number of hydrogen-bond donors (Lipinski definition) is 2. The summed E-state index contributed by atoms with van der Waals surface area (Å²) in [5, 5.41) is 6.79. The lowest BCUT2D eigenvalue weighted by atomic mass is 9.87. The average molecular weight is 488 g/mol. The van der Waals surface area contributed by atoms with Gasteiger partial charge in [-0.1, -0.05) is 12.1 Å². The van der Waals surface area contributed by atoms with E-state index in [-0.39, 0.29) is 24.0 Å². The van der Waals surface area contributed by atoms with E-state index < -0.39 is 0 Å². The van der Waals surface area contributed by atoms with Crippen molar-refractivity contribution in [2.75, 3.05) is 58.4 Å². The molecule has 0 amide bonds. The number of likely N-dealkylation sites (tertiary alicyclic amines) is 1. The molecule has 3 rings (SSSR count). The predicted molar refractivity (Wildman–Crippen MR) is 121 cm³/mol. The minimum Gasteiger partial charge on any atom is -0.383 e. The first-order chi connectivity index (χ1) is 12.7. The van der Waals surface area contributed by atoms with E-state index in [2.05, 4.69) is 46.7 Å². The first kappa shape index (κ1) is 22.2. The number of aliphatic imine (C=N–C) groups is 1. The number of rotatable bonds is 7. The number of nitrogens with zero attached hydrogens (tertiary/aromatic N) is 2. The van der Waals surface area contributed by atoms with Crippen LogP contribution in [0.15, 0.2) is 29.3 Å². The molecule has 1 unspecified atom stereocenters. The van der Waals surface area contributed by atoms with Gasteiger partial charge in [-0.05, 0) is 37.5 Å². The zero-order valence-corrected chi connectivity index (χ0v) is 18.8. The molecule has 1 spiro atoms. The van der Waals surface area contributed by atoms with Gasteiger partial charge in [-0.25, -0.2) is 4.99 Å². The van der Waals surface area contributed by atoms with Gasteiger partial charge in [0.25, 0.3) is 0 Å². The fraction of sp³-hybridized carbons (Fsp3) is 0.650. The second-order valence-electron chi connectivity index (χ2n) is 7.26. The van der Waals surface area contributed by atoms with Gasteiger partial charge in [0, 0.05) is 51.0 Å². The Morgan fingerprint density at radius 1 is 1.30 bits per heavy atom. The predicted octanol–water partition coefficient (Wildman–Crippen LogP) is 2.94. The van der Waals surface area contributed by atoms with Gasteiger partial charge >= 0.3 is 0 Å². The molecular formula is C20H33IN4O2. The van der Waals surface area contributed by atoms with Crippen LogP contribution in [-0.2, 0) is 16.0 Å². The molecule has 1 aromatic carbocycles. The summed E-state index contributed by atoms with van der Waals surface area (Å²) in [5.41, 5.74) is 2.69. The molecule has 0 bridgehead atoms. The maximum absolute atomic E-state index is 5.65. The Morgan fingerprint density at radius 2 is 2.11 bits per heavy atom. The Labute approximate surface area is 180 Å². The summed E-state index contributed by atoms with van der Waals surface area (Å²) in [4.78, 5) is 7.28. The summed E-state index contributed by atoms with van der Waals surface area (Å²) in [6.07, 6.45) is 2.39. The van der Waals surface area contributed by atoms with Gasteiger partial charge in [-0.15, -0.1) is 24.0 Å². The number of hydrogen-bond acceptors (Lipinski definition) is 4. The molecular weight excluding hydrogens is 455 g/mol. The molecule has 6 nitrogen and oxygen atoms in total. The summed E-state index contributed by atoms with van der Waals surface area (Å²) >= 11 is 0. The summed E-state index contributed by atoms with van der Waals surface area (Å²) in [6, 6.07) is 8.49. The zero-order chi connectivity index (χ0) is 18.2. The van der Waals surface area contributed by atoms with Crippen molar-refractivity contribution >= 4 is 35.6 Å². The van der Waals surface area contributed by atoms with Crippen LogP contribution in [0.2, 0.25) is 0 Å². The van der Waals surface area contributed by atoms with Crippen molar-refractivity contribution in [3.63, 3.8) is 0 Å². The van der Waals surface area contributed by atoms with Crippen molar-refractivity contribution in [3.8, 4) is 0 Å². The quantitative estimate of drug-likeness (QED) is 0.268. The second-order valence-corrected chi connectivity index (χ2v) is 7.26. The molecule has 2 aliphatic rings. The Morgan fingerprint density at radius 3 is 2.78 bits per heavy atom. The fourth-order valence-electron chi connectivity index (χ4n) is 3.70. The second kappa shape index (κ2) is 11.1. The Hall–Kier alpha value is -1.06. The van der Waals surface area contributed by atoms with Gasteiger partial charge in [-0.3, -0.25) is 0 Å². The van der Waals surface area contributed by atoms with Crippen molar-refractivity contribution < 1.29 is 9.47 Å². The maximum atomic E-state index is 5.65. The van der Waals surface area contributed by atoms with Crippen molar-refractivity contribution in [1.82, 2.24) is 10.2 Å². The number of guanidine groups is 1. The molecule has 0 radical (unpaired) electrons. The van der Waals surface area contributed by atoms with Crippen LogP contribution in [0.5, 0.6) is 0 Å². The topological polar surface area (TPSA) is 58.1 Å². The van der Waals surface area contributed by atoms with Crippen LogP contribution in [0.1, 0.15) is 25.3 Å². The molecule has 1 atom stereocenters. The van der Waals surface area contributed by atoms with E-state index in [9.17, 15) is 0 Å². The van der Waals surface area contributed by atoms with Crippen LogP contribution in [-0.4, -0.2) is 64.0 Å². The van der Waals surface area contributed by atoms with E-state index in [0.717, 1.165) is 51.0 Å². The molecule has 1 aromatic rings.